The van der Waals surface area contributed by atoms with Crippen LogP contribution in [0, 0.1) is 0 Å². The Balaban J connectivity index is 2.09. The molecule has 0 fully saturated rings. The van der Waals surface area contributed by atoms with Crippen molar-refractivity contribution in [3.05, 3.63) is 58.3 Å². The highest BCUT2D eigenvalue weighted by Crippen LogP contribution is 2.28. The number of nitrogens with zero attached hydrogens (tertiary/aromatic N) is 2. The van der Waals surface area contributed by atoms with Crippen LogP contribution in [0.4, 0.5) is 11.4 Å². The number of aromatic nitrogens is 2. The fraction of sp³-hybridized carbons (Fsp3) is 0. The second-order valence-corrected chi connectivity index (χ2v) is 5.31. The van der Waals surface area contributed by atoms with E-state index in [-0.39, 0.29) is 0 Å². The molecule has 19 heavy (non-hydrogen) atoms. The quantitative estimate of drug-likeness (QED) is 0.732. The summed E-state index contributed by atoms with van der Waals surface area (Å²) in [6.45, 7) is 0. The molecule has 1 N–H and O–H groups in total. The zero-order valence-electron chi connectivity index (χ0n) is 9.77. The van der Waals surface area contributed by atoms with E-state index in [1.165, 1.54) is 0 Å². The van der Waals surface area contributed by atoms with Gasteiger partial charge in [-0.2, -0.15) is 0 Å². The molecule has 2 aromatic heterocycles. The number of nitrogens with one attached hydrogen (secondary N) is 1. The van der Waals surface area contributed by atoms with Crippen molar-refractivity contribution in [3.63, 3.8) is 0 Å². The number of pyridine rings is 2. The second kappa shape index (κ2) is 5.15. The maximum atomic E-state index is 6.14. The van der Waals surface area contributed by atoms with Gasteiger partial charge in [-0.15, -0.1) is 0 Å². The number of benzene rings is 1. The topological polar surface area (TPSA) is 37.8 Å². The molecule has 5 heteroatoms. The first kappa shape index (κ1) is 12.4. The maximum absolute atomic E-state index is 6.14. The van der Waals surface area contributed by atoms with E-state index in [1.807, 2.05) is 36.4 Å². The predicted octanol–water partition coefficient (Wildman–Crippen LogP) is 4.79. The largest absolute Gasteiger partial charge is 0.352 e. The van der Waals surface area contributed by atoms with E-state index in [4.69, 9.17) is 11.6 Å². The molecule has 2 heterocycles. The molecular weight excluding hydrogens is 326 g/mol. The van der Waals surface area contributed by atoms with Crippen LogP contribution < -0.4 is 5.32 Å². The van der Waals surface area contributed by atoms with Gasteiger partial charge in [0.15, 0.2) is 0 Å². The lowest BCUT2D eigenvalue weighted by Gasteiger charge is -2.10. The lowest BCUT2D eigenvalue weighted by molar-refractivity contribution is 1.32. The van der Waals surface area contributed by atoms with Gasteiger partial charge in [-0.05, 0) is 40.2 Å². The summed E-state index contributed by atoms with van der Waals surface area (Å²) in [5.41, 5.74) is 3.36. The van der Waals surface area contributed by atoms with Gasteiger partial charge in [0.1, 0.15) is 5.52 Å². The monoisotopic (exact) mass is 333 g/mol. The van der Waals surface area contributed by atoms with Crippen molar-refractivity contribution >= 4 is 49.9 Å². The van der Waals surface area contributed by atoms with Crippen molar-refractivity contribution < 1.29 is 0 Å². The molecule has 1 aromatic carbocycles. The van der Waals surface area contributed by atoms with Crippen LogP contribution >= 0.6 is 27.5 Å². The van der Waals surface area contributed by atoms with E-state index in [2.05, 4.69) is 31.2 Å². The molecule has 0 radical (unpaired) electrons. The minimum absolute atomic E-state index is 0.671. The molecule has 0 aliphatic heterocycles. The van der Waals surface area contributed by atoms with E-state index in [9.17, 15) is 0 Å². The van der Waals surface area contributed by atoms with Crippen LogP contribution in [0.25, 0.3) is 11.0 Å². The smallest absolute Gasteiger partial charge is 0.112 e. The summed E-state index contributed by atoms with van der Waals surface area (Å²) in [7, 11) is 0. The fourth-order valence-corrected chi connectivity index (χ4v) is 2.32. The first-order valence-electron chi connectivity index (χ1n) is 5.66. The van der Waals surface area contributed by atoms with Gasteiger partial charge in [-0.1, -0.05) is 23.7 Å². The van der Waals surface area contributed by atoms with Crippen molar-refractivity contribution in [1.29, 1.82) is 0 Å². The molecular formula is C14H9BrClN3. The van der Waals surface area contributed by atoms with Crippen LogP contribution in [0.5, 0.6) is 0 Å². The lowest BCUT2D eigenvalue weighted by Crippen LogP contribution is -1.94. The van der Waals surface area contributed by atoms with Crippen LogP contribution in [0.15, 0.2) is 53.3 Å². The number of rotatable bonds is 2. The molecule has 0 aliphatic carbocycles. The van der Waals surface area contributed by atoms with Crippen molar-refractivity contribution in [2.45, 2.75) is 0 Å². The minimum atomic E-state index is 0.671. The number of fused-ring (bicyclic) bond motifs is 1. The third-order valence-electron chi connectivity index (χ3n) is 2.69. The molecule has 3 aromatic rings. The summed E-state index contributed by atoms with van der Waals surface area (Å²) in [6, 6.07) is 11.4. The molecule has 0 unspecified atom stereocenters. The molecule has 0 aliphatic rings. The van der Waals surface area contributed by atoms with Crippen LogP contribution in [0.2, 0.25) is 5.02 Å². The molecule has 0 atom stereocenters. The Morgan fingerprint density at radius 3 is 2.74 bits per heavy atom. The maximum Gasteiger partial charge on any atom is 0.112 e. The number of anilines is 2. The third-order valence-corrected chi connectivity index (χ3v) is 3.45. The summed E-state index contributed by atoms with van der Waals surface area (Å²) >= 11 is 9.54. The normalized spacial score (nSPS) is 10.6. The van der Waals surface area contributed by atoms with Crippen molar-refractivity contribution in [3.8, 4) is 0 Å². The number of para-hydroxylation sites is 1. The highest BCUT2D eigenvalue weighted by molar-refractivity contribution is 9.10. The van der Waals surface area contributed by atoms with Gasteiger partial charge in [0.25, 0.3) is 0 Å². The average Bonchev–Trinajstić information content (AvgIpc) is 2.41. The first-order valence-corrected chi connectivity index (χ1v) is 6.83. The van der Waals surface area contributed by atoms with E-state index in [0.29, 0.717) is 5.02 Å². The summed E-state index contributed by atoms with van der Waals surface area (Å²) in [5, 5.41) is 3.96. The molecule has 0 amide bonds. The van der Waals surface area contributed by atoms with Crippen LogP contribution in [-0.2, 0) is 0 Å². The van der Waals surface area contributed by atoms with Gasteiger partial charge in [0, 0.05) is 16.9 Å². The van der Waals surface area contributed by atoms with Gasteiger partial charge in [-0.3, -0.25) is 9.97 Å². The highest BCUT2D eigenvalue weighted by atomic mass is 79.9. The fourth-order valence-electron chi connectivity index (χ4n) is 1.81. The second-order valence-electron chi connectivity index (χ2n) is 3.98. The zero-order chi connectivity index (χ0) is 13.2. The van der Waals surface area contributed by atoms with Crippen LogP contribution in [0.1, 0.15) is 0 Å². The van der Waals surface area contributed by atoms with Crippen molar-refractivity contribution in [1.82, 2.24) is 9.97 Å². The molecule has 3 nitrogen and oxygen atoms in total. The summed E-state index contributed by atoms with van der Waals surface area (Å²) in [5.74, 6) is 0. The highest BCUT2D eigenvalue weighted by Gasteiger charge is 2.06. The van der Waals surface area contributed by atoms with Gasteiger partial charge in [-0.25, -0.2) is 0 Å². The standard InChI is InChI=1S/C14H9BrClN3/c15-9-7-13-14(18-8-9)12(5-6-17-13)19-11-4-2-1-3-10(11)16/h1-8H,(H,17,19). The Hall–Kier alpha value is -1.65. The Bertz CT molecular complexity index is 746. The van der Waals surface area contributed by atoms with Crippen molar-refractivity contribution in [2.24, 2.45) is 0 Å². The van der Waals surface area contributed by atoms with E-state index < -0.39 is 0 Å². The summed E-state index contributed by atoms with van der Waals surface area (Å²) in [6.07, 6.45) is 3.50. The predicted molar refractivity (Wildman–Crippen MR) is 82.0 cm³/mol. The van der Waals surface area contributed by atoms with E-state index in [1.54, 1.807) is 12.4 Å². The van der Waals surface area contributed by atoms with Gasteiger partial charge >= 0.3 is 0 Å². The SMILES string of the molecule is Clc1ccccc1Nc1ccnc2cc(Br)cnc12. The van der Waals surface area contributed by atoms with Gasteiger partial charge in [0.2, 0.25) is 0 Å². The Kier molecular flexibility index (Phi) is 3.36. The molecule has 0 spiro atoms. The number of halogens is 2. The summed E-state index contributed by atoms with van der Waals surface area (Å²) < 4.78 is 0.905. The molecule has 0 saturated heterocycles. The Labute approximate surface area is 123 Å². The number of hydrogen-bond donors (Lipinski definition) is 1. The van der Waals surface area contributed by atoms with E-state index in [0.717, 1.165) is 26.9 Å². The van der Waals surface area contributed by atoms with Crippen LogP contribution in [-0.4, -0.2) is 9.97 Å². The van der Waals surface area contributed by atoms with Gasteiger partial charge < -0.3 is 5.32 Å². The third kappa shape index (κ3) is 2.55. The van der Waals surface area contributed by atoms with Crippen molar-refractivity contribution in [2.75, 3.05) is 5.32 Å². The average molecular weight is 335 g/mol. The van der Waals surface area contributed by atoms with Gasteiger partial charge in [0.05, 0.1) is 21.9 Å². The molecule has 0 bridgehead atoms. The van der Waals surface area contributed by atoms with E-state index >= 15 is 0 Å². The molecule has 0 saturated carbocycles. The molecule has 94 valence electrons. The Morgan fingerprint density at radius 2 is 1.89 bits per heavy atom. The van der Waals surface area contributed by atoms with Crippen LogP contribution in [0.3, 0.4) is 0 Å². The number of hydrogen-bond acceptors (Lipinski definition) is 3. The zero-order valence-corrected chi connectivity index (χ0v) is 12.1. The Morgan fingerprint density at radius 1 is 1.05 bits per heavy atom. The molecule has 3 rings (SSSR count). The summed E-state index contributed by atoms with van der Waals surface area (Å²) in [4.78, 5) is 8.69. The lowest BCUT2D eigenvalue weighted by atomic mass is 10.2. The minimum Gasteiger partial charge on any atom is -0.352 e. The first-order chi connectivity index (χ1) is 9.24.